The molecule has 26 heavy (non-hydrogen) atoms. The molecule has 0 heterocycles. The van der Waals surface area contributed by atoms with Crippen LogP contribution < -0.4 is 15.9 Å². The van der Waals surface area contributed by atoms with Gasteiger partial charge in [0.1, 0.15) is 8.07 Å². The minimum absolute atomic E-state index is 1.35. The SMILES string of the molecule is C[Si](C)(C)C#CC=P(c1ccccc1)(c1ccccc1)c1ccccc1. The van der Waals surface area contributed by atoms with Gasteiger partial charge in [-0.15, -0.1) is 5.54 Å². The lowest BCUT2D eigenvalue weighted by Crippen LogP contribution is -2.27. The minimum Gasteiger partial charge on any atom is -0.127 e. The molecule has 3 aromatic carbocycles. The van der Waals surface area contributed by atoms with Gasteiger partial charge in [0.05, 0.1) is 0 Å². The highest BCUT2D eigenvalue weighted by Crippen LogP contribution is 2.43. The van der Waals surface area contributed by atoms with Gasteiger partial charge in [-0.3, -0.25) is 0 Å². The van der Waals surface area contributed by atoms with Crippen molar-refractivity contribution in [3.05, 3.63) is 91.0 Å². The van der Waals surface area contributed by atoms with Crippen LogP contribution in [0.15, 0.2) is 91.0 Å². The van der Waals surface area contributed by atoms with E-state index in [0.29, 0.717) is 0 Å². The van der Waals surface area contributed by atoms with E-state index >= 15 is 0 Å². The summed E-state index contributed by atoms with van der Waals surface area (Å²) in [6.45, 7) is 4.96. The first-order valence-electron chi connectivity index (χ1n) is 8.95. The lowest BCUT2D eigenvalue weighted by atomic mass is 10.4. The van der Waals surface area contributed by atoms with Crippen molar-refractivity contribution in [3.8, 4) is 11.5 Å². The van der Waals surface area contributed by atoms with Crippen LogP contribution in [0.1, 0.15) is 0 Å². The number of hydrogen-bond acceptors (Lipinski definition) is 0. The molecule has 0 nitrogen and oxygen atoms in total. The number of rotatable bonds is 3. The molecular weight excluding hydrogens is 347 g/mol. The Labute approximate surface area is 158 Å². The molecule has 0 saturated carbocycles. The maximum Gasteiger partial charge on any atom is 0.129 e. The third-order valence-corrected chi connectivity index (χ3v) is 8.94. The summed E-state index contributed by atoms with van der Waals surface area (Å²) in [4.78, 5) is 0. The maximum absolute atomic E-state index is 3.55. The molecule has 0 unspecified atom stereocenters. The molecule has 0 saturated heterocycles. The largest absolute Gasteiger partial charge is 0.129 e. The average Bonchev–Trinajstić information content (AvgIpc) is 2.67. The van der Waals surface area contributed by atoms with Gasteiger partial charge in [-0.05, 0) is 28.6 Å². The molecule has 0 N–H and O–H groups in total. The smallest absolute Gasteiger partial charge is 0.127 e. The van der Waals surface area contributed by atoms with Crippen molar-refractivity contribution in [3.63, 3.8) is 0 Å². The Hall–Kier alpha value is -2.26. The Morgan fingerprint density at radius 3 is 1.27 bits per heavy atom. The second-order valence-electron chi connectivity index (χ2n) is 7.38. The molecule has 0 aliphatic carbocycles. The fraction of sp³-hybridized carbons (Fsp3) is 0.125. The average molecular weight is 373 g/mol. The van der Waals surface area contributed by atoms with Gasteiger partial charge in [0.25, 0.3) is 0 Å². The van der Waals surface area contributed by atoms with Crippen molar-refractivity contribution in [1.29, 1.82) is 0 Å². The van der Waals surface area contributed by atoms with Gasteiger partial charge < -0.3 is 0 Å². The third kappa shape index (κ3) is 4.10. The molecule has 0 spiro atoms. The maximum atomic E-state index is 3.55. The normalized spacial score (nSPS) is 11.3. The quantitative estimate of drug-likeness (QED) is 0.356. The summed E-state index contributed by atoms with van der Waals surface area (Å²) in [5.41, 5.74) is 3.55. The van der Waals surface area contributed by atoms with Crippen LogP contribution in [0, 0.1) is 11.5 Å². The summed E-state index contributed by atoms with van der Waals surface area (Å²) >= 11 is 0. The van der Waals surface area contributed by atoms with E-state index in [-0.39, 0.29) is 0 Å². The predicted octanol–water partition coefficient (Wildman–Crippen LogP) is 4.66. The summed E-state index contributed by atoms with van der Waals surface area (Å²) < 4.78 is 0. The highest BCUT2D eigenvalue weighted by Gasteiger charge is 2.24. The van der Waals surface area contributed by atoms with Crippen LogP contribution in [-0.4, -0.2) is 13.9 Å². The van der Waals surface area contributed by atoms with E-state index in [9.17, 15) is 0 Å². The van der Waals surface area contributed by atoms with Gasteiger partial charge in [-0.1, -0.05) is 117 Å². The van der Waals surface area contributed by atoms with Crippen LogP contribution in [0.25, 0.3) is 0 Å². The lowest BCUT2D eigenvalue weighted by molar-refractivity contribution is 1.73. The van der Waals surface area contributed by atoms with E-state index in [2.05, 4.69) is 128 Å². The van der Waals surface area contributed by atoms with Crippen LogP contribution in [0.2, 0.25) is 19.6 Å². The predicted molar refractivity (Wildman–Crippen MR) is 122 cm³/mol. The van der Waals surface area contributed by atoms with Crippen LogP contribution in [0.3, 0.4) is 0 Å². The summed E-state index contributed by atoms with van der Waals surface area (Å²) in [7, 11) is -1.43. The number of hydrogen-bond donors (Lipinski definition) is 0. The summed E-state index contributed by atoms with van der Waals surface area (Å²) in [6.07, 6.45) is 0. The van der Waals surface area contributed by atoms with Crippen LogP contribution in [0.4, 0.5) is 0 Å². The second-order valence-corrected chi connectivity index (χ2v) is 15.4. The lowest BCUT2D eigenvalue weighted by Gasteiger charge is -2.27. The Balaban J connectivity index is 2.39. The molecule has 0 aliphatic rings. The van der Waals surface area contributed by atoms with Crippen LogP contribution in [0.5, 0.6) is 0 Å². The minimum atomic E-state index is -1.92. The Kier molecular flexibility index (Phi) is 5.67. The van der Waals surface area contributed by atoms with E-state index in [1.165, 1.54) is 15.9 Å². The molecule has 0 radical (unpaired) electrons. The third-order valence-electron chi connectivity index (χ3n) is 4.20. The fourth-order valence-corrected chi connectivity index (χ4v) is 7.16. The van der Waals surface area contributed by atoms with Crippen LogP contribution >= 0.6 is 6.89 Å². The van der Waals surface area contributed by atoms with E-state index in [4.69, 9.17) is 0 Å². The van der Waals surface area contributed by atoms with Crippen molar-refractivity contribution in [2.45, 2.75) is 19.6 Å². The topological polar surface area (TPSA) is 0 Å². The highest BCUT2D eigenvalue weighted by atomic mass is 31.2. The summed E-state index contributed by atoms with van der Waals surface area (Å²) in [6, 6.07) is 32.6. The molecule has 0 bridgehead atoms. The van der Waals surface area contributed by atoms with Crippen molar-refractivity contribution in [1.82, 2.24) is 0 Å². The summed E-state index contributed by atoms with van der Waals surface area (Å²) in [5.74, 6) is 5.81. The molecule has 0 aromatic heterocycles. The Morgan fingerprint density at radius 1 is 0.615 bits per heavy atom. The zero-order valence-corrected chi connectivity index (χ0v) is 17.6. The first-order valence-corrected chi connectivity index (χ1v) is 14.3. The summed E-state index contributed by atoms with van der Waals surface area (Å²) in [5, 5.41) is 4.05. The van der Waals surface area contributed by atoms with Crippen molar-refractivity contribution in [2.75, 3.05) is 0 Å². The van der Waals surface area contributed by atoms with Gasteiger partial charge in [0, 0.05) is 0 Å². The van der Waals surface area contributed by atoms with Gasteiger partial charge in [0.2, 0.25) is 0 Å². The highest BCUT2D eigenvalue weighted by molar-refractivity contribution is 7.94. The molecular formula is C24H25PSi. The molecule has 0 fully saturated rings. The zero-order chi connectivity index (χ0) is 18.5. The van der Waals surface area contributed by atoms with E-state index in [1.807, 2.05) is 0 Å². The monoisotopic (exact) mass is 372 g/mol. The molecule has 0 amide bonds. The van der Waals surface area contributed by atoms with Gasteiger partial charge >= 0.3 is 0 Å². The van der Waals surface area contributed by atoms with Crippen molar-refractivity contribution >= 4 is 36.7 Å². The van der Waals surface area contributed by atoms with Gasteiger partial charge in [-0.2, -0.15) is 0 Å². The Bertz CT molecular complexity index is 853. The van der Waals surface area contributed by atoms with Gasteiger partial charge in [-0.25, -0.2) is 0 Å². The second kappa shape index (κ2) is 7.96. The molecule has 0 atom stereocenters. The van der Waals surface area contributed by atoms with Crippen molar-refractivity contribution < 1.29 is 0 Å². The molecule has 130 valence electrons. The first kappa shape index (κ1) is 18.5. The standard InChI is InChI=1S/C24H25PSi/c1-26(2,3)21-13-20-25(22-14-7-4-8-15-22,23-16-9-5-10-17-23)24-18-11-6-12-19-24/h4-12,14-20H,1-3H3. The Morgan fingerprint density at radius 2 is 0.962 bits per heavy atom. The zero-order valence-electron chi connectivity index (χ0n) is 15.7. The molecule has 2 heteroatoms. The van der Waals surface area contributed by atoms with E-state index in [0.717, 1.165) is 0 Å². The molecule has 0 aliphatic heterocycles. The van der Waals surface area contributed by atoms with Crippen molar-refractivity contribution in [2.24, 2.45) is 0 Å². The first-order chi connectivity index (χ1) is 12.5. The fourth-order valence-electron chi connectivity index (χ4n) is 3.01. The van der Waals surface area contributed by atoms with Gasteiger partial charge in [0.15, 0.2) is 0 Å². The van der Waals surface area contributed by atoms with E-state index < -0.39 is 15.0 Å². The van der Waals surface area contributed by atoms with Crippen LogP contribution in [-0.2, 0) is 0 Å². The number of benzene rings is 3. The van der Waals surface area contributed by atoms with E-state index in [1.54, 1.807) is 0 Å². The molecule has 3 aromatic rings. The molecule has 3 rings (SSSR count).